The Balaban J connectivity index is 2.16. The van der Waals surface area contributed by atoms with Crippen LogP contribution in [0.1, 0.15) is 33.1 Å². The number of nitrogens with zero attached hydrogens (tertiary/aromatic N) is 2. The molecule has 0 spiro atoms. The zero-order valence-electron chi connectivity index (χ0n) is 11.3. The van der Waals surface area contributed by atoms with Crippen molar-refractivity contribution in [3.63, 3.8) is 0 Å². The number of aliphatic hydroxyl groups is 1. The molecular weight excluding hydrogens is 248 g/mol. The summed E-state index contributed by atoms with van der Waals surface area (Å²) in [6.45, 7) is 5.26. The van der Waals surface area contributed by atoms with Crippen LogP contribution >= 0.6 is 0 Å². The lowest BCUT2D eigenvalue weighted by atomic mass is 10.1. The molecule has 104 valence electrons. The molecule has 1 aliphatic rings. The second kappa shape index (κ2) is 5.05. The molecule has 1 aliphatic heterocycles. The molecule has 0 fully saturated rings. The van der Waals surface area contributed by atoms with E-state index in [0.717, 1.165) is 5.57 Å². The topological polar surface area (TPSA) is 75.8 Å². The van der Waals surface area contributed by atoms with E-state index >= 15 is 0 Å². The Morgan fingerprint density at radius 1 is 1.63 bits per heavy atom. The Morgan fingerprint density at radius 2 is 2.37 bits per heavy atom. The van der Waals surface area contributed by atoms with Crippen molar-refractivity contribution < 1.29 is 19.1 Å². The van der Waals surface area contributed by atoms with Crippen LogP contribution in [0.3, 0.4) is 0 Å². The Labute approximate surface area is 111 Å². The first kappa shape index (κ1) is 13.6. The predicted octanol–water partition coefficient (Wildman–Crippen LogP) is 2.02. The van der Waals surface area contributed by atoms with Crippen LogP contribution in [0.5, 0.6) is 0 Å². The Bertz CT molecular complexity index is 473. The minimum atomic E-state index is -0.573. The predicted molar refractivity (Wildman–Crippen MR) is 68.0 cm³/mol. The fourth-order valence-corrected chi connectivity index (χ4v) is 1.87. The van der Waals surface area contributed by atoms with E-state index in [9.17, 15) is 9.90 Å². The number of amides is 1. The normalized spacial score (nSPS) is 19.5. The van der Waals surface area contributed by atoms with Gasteiger partial charge in [-0.1, -0.05) is 0 Å². The Morgan fingerprint density at radius 3 is 2.89 bits per heavy atom. The van der Waals surface area contributed by atoms with Crippen LogP contribution in [-0.2, 0) is 4.74 Å². The molecule has 6 nitrogen and oxygen atoms in total. The molecule has 0 saturated carbocycles. The van der Waals surface area contributed by atoms with Crippen LogP contribution in [0.2, 0.25) is 0 Å². The van der Waals surface area contributed by atoms with E-state index in [0.29, 0.717) is 12.3 Å². The molecule has 1 amide bonds. The van der Waals surface area contributed by atoms with E-state index in [2.05, 4.69) is 4.98 Å². The average Bonchev–Trinajstić information content (AvgIpc) is 2.95. The number of rotatable bonds is 2. The molecule has 0 saturated heterocycles. The molecule has 0 unspecified atom stereocenters. The summed E-state index contributed by atoms with van der Waals surface area (Å²) in [6.07, 6.45) is 4.66. The van der Waals surface area contributed by atoms with Crippen molar-refractivity contribution in [2.24, 2.45) is 0 Å². The number of aromatic nitrogens is 1. The van der Waals surface area contributed by atoms with Crippen molar-refractivity contribution in [2.45, 2.75) is 38.8 Å². The van der Waals surface area contributed by atoms with E-state index in [1.165, 1.54) is 11.2 Å². The second-order valence-corrected chi connectivity index (χ2v) is 5.42. The fraction of sp³-hybridized carbons (Fsp3) is 0.538. The summed E-state index contributed by atoms with van der Waals surface area (Å²) in [6, 6.07) is -0.336. The zero-order valence-corrected chi connectivity index (χ0v) is 11.3. The lowest BCUT2D eigenvalue weighted by Gasteiger charge is -2.26. The van der Waals surface area contributed by atoms with E-state index in [-0.39, 0.29) is 12.6 Å². The van der Waals surface area contributed by atoms with Crippen molar-refractivity contribution in [3.05, 3.63) is 24.6 Å². The lowest BCUT2D eigenvalue weighted by Crippen LogP contribution is -2.39. The van der Waals surface area contributed by atoms with E-state index in [1.807, 2.05) is 0 Å². The third-order valence-corrected chi connectivity index (χ3v) is 2.67. The highest BCUT2D eigenvalue weighted by Crippen LogP contribution is 2.29. The fourth-order valence-electron chi connectivity index (χ4n) is 1.87. The van der Waals surface area contributed by atoms with Crippen LogP contribution < -0.4 is 0 Å². The molecule has 0 aromatic carbocycles. The van der Waals surface area contributed by atoms with Gasteiger partial charge in [0, 0.05) is 18.2 Å². The molecular formula is C13H18N2O4. The van der Waals surface area contributed by atoms with Gasteiger partial charge in [0.1, 0.15) is 11.9 Å². The molecule has 0 bridgehead atoms. The molecule has 1 aromatic heterocycles. The third kappa shape index (κ3) is 3.14. The summed E-state index contributed by atoms with van der Waals surface area (Å²) in [5, 5.41) is 9.37. The largest absolute Gasteiger partial charge is 0.445 e. The number of carbonyl (C=O) groups excluding carboxylic acids is 1. The van der Waals surface area contributed by atoms with Gasteiger partial charge in [-0.05, 0) is 20.8 Å². The zero-order chi connectivity index (χ0) is 14.0. The average molecular weight is 266 g/mol. The third-order valence-electron chi connectivity index (χ3n) is 2.67. The van der Waals surface area contributed by atoms with E-state index in [4.69, 9.17) is 9.15 Å². The summed E-state index contributed by atoms with van der Waals surface area (Å²) in [5.74, 6) is 0.463. The maximum absolute atomic E-state index is 12.0. The molecule has 6 heteroatoms. The maximum Gasteiger partial charge on any atom is 0.414 e. The van der Waals surface area contributed by atoms with Gasteiger partial charge in [0.05, 0.1) is 18.8 Å². The summed E-state index contributed by atoms with van der Waals surface area (Å²) >= 11 is 0. The molecule has 19 heavy (non-hydrogen) atoms. The molecule has 2 rings (SSSR count). The minimum absolute atomic E-state index is 0.139. The van der Waals surface area contributed by atoms with Gasteiger partial charge in [0.15, 0.2) is 0 Å². The number of aliphatic hydroxyl groups excluding tert-OH is 1. The van der Waals surface area contributed by atoms with Gasteiger partial charge >= 0.3 is 6.09 Å². The number of carbonyl (C=O) groups is 1. The smallest absolute Gasteiger partial charge is 0.414 e. The first-order chi connectivity index (χ1) is 8.90. The van der Waals surface area contributed by atoms with E-state index in [1.54, 1.807) is 33.2 Å². The van der Waals surface area contributed by atoms with Crippen LogP contribution in [0.25, 0.3) is 5.57 Å². The van der Waals surface area contributed by atoms with Gasteiger partial charge < -0.3 is 14.3 Å². The number of oxazole rings is 1. The molecule has 1 N–H and O–H groups in total. The van der Waals surface area contributed by atoms with Gasteiger partial charge in [-0.15, -0.1) is 0 Å². The van der Waals surface area contributed by atoms with Gasteiger partial charge in [0.2, 0.25) is 5.89 Å². The SMILES string of the molecule is CC(C)(C)OC(=O)N1C=C(c2ncco2)C[C@H]1CO. The van der Waals surface area contributed by atoms with Crippen LogP contribution in [0, 0.1) is 0 Å². The molecule has 1 aromatic rings. The number of ether oxygens (including phenoxy) is 1. The first-order valence-electron chi connectivity index (χ1n) is 6.13. The number of hydrogen-bond acceptors (Lipinski definition) is 5. The van der Waals surface area contributed by atoms with E-state index < -0.39 is 11.7 Å². The summed E-state index contributed by atoms with van der Waals surface area (Å²) in [4.78, 5) is 17.5. The highest BCUT2D eigenvalue weighted by molar-refractivity contribution is 5.75. The van der Waals surface area contributed by atoms with Gasteiger partial charge in [-0.25, -0.2) is 9.78 Å². The monoisotopic (exact) mass is 266 g/mol. The van der Waals surface area contributed by atoms with Crippen molar-refractivity contribution in [1.29, 1.82) is 0 Å². The van der Waals surface area contributed by atoms with Crippen molar-refractivity contribution in [1.82, 2.24) is 9.88 Å². The molecule has 2 heterocycles. The molecule has 0 radical (unpaired) electrons. The van der Waals surface area contributed by atoms with Crippen molar-refractivity contribution >= 4 is 11.7 Å². The standard InChI is InChI=1S/C13H18N2O4/c1-13(2,3)19-12(17)15-7-9(6-10(15)8-16)11-14-4-5-18-11/h4-5,7,10,16H,6,8H2,1-3H3/t10-/m0/s1. The Hall–Kier alpha value is -1.82. The summed E-state index contributed by atoms with van der Waals surface area (Å²) < 4.78 is 10.5. The second-order valence-electron chi connectivity index (χ2n) is 5.42. The van der Waals surface area contributed by atoms with Gasteiger partial charge in [0.25, 0.3) is 0 Å². The molecule has 1 atom stereocenters. The highest BCUT2D eigenvalue weighted by atomic mass is 16.6. The highest BCUT2D eigenvalue weighted by Gasteiger charge is 2.33. The van der Waals surface area contributed by atoms with Crippen LogP contribution in [-0.4, -0.2) is 39.3 Å². The lowest BCUT2D eigenvalue weighted by molar-refractivity contribution is 0.0241. The Kier molecular flexibility index (Phi) is 3.61. The quantitative estimate of drug-likeness (QED) is 0.886. The maximum atomic E-state index is 12.0. The van der Waals surface area contributed by atoms with Gasteiger partial charge in [-0.3, -0.25) is 4.90 Å². The minimum Gasteiger partial charge on any atom is -0.445 e. The molecule has 0 aliphatic carbocycles. The van der Waals surface area contributed by atoms with Crippen molar-refractivity contribution in [2.75, 3.05) is 6.61 Å². The summed E-state index contributed by atoms with van der Waals surface area (Å²) in [5.41, 5.74) is 0.200. The number of hydrogen-bond donors (Lipinski definition) is 1. The van der Waals surface area contributed by atoms with Crippen LogP contribution in [0.15, 0.2) is 23.1 Å². The van der Waals surface area contributed by atoms with Crippen molar-refractivity contribution in [3.8, 4) is 0 Å². The van der Waals surface area contributed by atoms with Crippen LogP contribution in [0.4, 0.5) is 4.79 Å². The summed E-state index contributed by atoms with van der Waals surface area (Å²) in [7, 11) is 0. The first-order valence-corrected chi connectivity index (χ1v) is 6.13. The van der Waals surface area contributed by atoms with Gasteiger partial charge in [-0.2, -0.15) is 0 Å².